The maximum Gasteiger partial charge on any atom is 0.142 e. The summed E-state index contributed by atoms with van der Waals surface area (Å²) in [4.78, 5) is 0. The molecule has 1 aliphatic carbocycles. The molecule has 0 fully saturated rings. The van der Waals surface area contributed by atoms with Gasteiger partial charge in [0.05, 0.1) is 18.8 Å². The third-order valence-electron chi connectivity index (χ3n) is 5.15. The van der Waals surface area contributed by atoms with E-state index >= 15 is 0 Å². The van der Waals surface area contributed by atoms with Crippen LogP contribution >= 0.6 is 15.9 Å². The second-order valence-electron chi connectivity index (χ2n) is 6.40. The number of nitrogens with one attached hydrogen (secondary N) is 1. The van der Waals surface area contributed by atoms with Crippen molar-refractivity contribution in [3.63, 3.8) is 0 Å². The van der Waals surface area contributed by atoms with E-state index in [2.05, 4.69) is 76.7 Å². The van der Waals surface area contributed by atoms with Gasteiger partial charge in [-0.25, -0.2) is 0 Å². The Morgan fingerprint density at radius 1 is 1.13 bits per heavy atom. The van der Waals surface area contributed by atoms with E-state index in [1.807, 2.05) is 0 Å². The van der Waals surface area contributed by atoms with Crippen LogP contribution in [-0.2, 0) is 0 Å². The summed E-state index contributed by atoms with van der Waals surface area (Å²) in [6, 6.07) is 13.2. The quantitative estimate of drug-likeness (QED) is 0.696. The normalized spacial score (nSPS) is 24.7. The number of hydrogen-bond acceptors (Lipinski definition) is 2. The van der Waals surface area contributed by atoms with Crippen molar-refractivity contribution in [1.29, 1.82) is 0 Å². The lowest BCUT2D eigenvalue weighted by Gasteiger charge is -2.39. The summed E-state index contributed by atoms with van der Waals surface area (Å²) >= 11 is 3.53. The number of allylic oxidation sites excluding steroid dienone is 2. The van der Waals surface area contributed by atoms with Crippen molar-refractivity contribution in [3.8, 4) is 5.75 Å². The van der Waals surface area contributed by atoms with Crippen LogP contribution in [0.3, 0.4) is 0 Å². The van der Waals surface area contributed by atoms with Crippen molar-refractivity contribution >= 4 is 21.6 Å². The first kappa shape index (κ1) is 14.8. The van der Waals surface area contributed by atoms with Gasteiger partial charge in [-0.15, -0.1) is 0 Å². The molecule has 23 heavy (non-hydrogen) atoms. The molecule has 0 saturated heterocycles. The molecule has 2 aromatic carbocycles. The number of methoxy groups -OCH3 is 1. The molecule has 0 radical (unpaired) electrons. The first-order valence-corrected chi connectivity index (χ1v) is 8.84. The monoisotopic (exact) mass is 369 g/mol. The van der Waals surface area contributed by atoms with Gasteiger partial charge in [-0.2, -0.15) is 0 Å². The highest BCUT2D eigenvalue weighted by molar-refractivity contribution is 9.10. The lowest BCUT2D eigenvalue weighted by Crippen LogP contribution is -2.30. The van der Waals surface area contributed by atoms with Crippen LogP contribution < -0.4 is 10.1 Å². The predicted molar refractivity (Wildman–Crippen MR) is 98.2 cm³/mol. The van der Waals surface area contributed by atoms with Crippen LogP contribution in [0.15, 0.2) is 53.0 Å². The van der Waals surface area contributed by atoms with Crippen molar-refractivity contribution in [3.05, 3.63) is 69.7 Å². The maximum absolute atomic E-state index is 5.63. The molecule has 2 nitrogen and oxygen atoms in total. The fraction of sp³-hybridized carbons (Fsp3) is 0.300. The van der Waals surface area contributed by atoms with Gasteiger partial charge < -0.3 is 10.1 Å². The van der Waals surface area contributed by atoms with Gasteiger partial charge in [0.1, 0.15) is 5.75 Å². The van der Waals surface area contributed by atoms with Crippen LogP contribution in [0.2, 0.25) is 0 Å². The van der Waals surface area contributed by atoms with Crippen LogP contribution in [0.25, 0.3) is 0 Å². The molecule has 3 atom stereocenters. The predicted octanol–water partition coefficient (Wildman–Crippen LogP) is 5.59. The molecular formula is C20H20BrNO. The Morgan fingerprint density at radius 3 is 2.65 bits per heavy atom. The smallest absolute Gasteiger partial charge is 0.142 e. The van der Waals surface area contributed by atoms with E-state index < -0.39 is 0 Å². The third-order valence-corrected chi connectivity index (χ3v) is 5.68. The number of rotatable bonds is 2. The molecule has 0 unspecified atom stereocenters. The number of anilines is 1. The van der Waals surface area contributed by atoms with Gasteiger partial charge in [-0.05, 0) is 54.2 Å². The Hall–Kier alpha value is -1.74. The number of fused-ring (bicyclic) bond motifs is 3. The van der Waals surface area contributed by atoms with E-state index in [9.17, 15) is 0 Å². The zero-order valence-electron chi connectivity index (χ0n) is 13.3. The fourth-order valence-electron chi connectivity index (χ4n) is 4.04. The number of ether oxygens (including phenoxy) is 1. The molecule has 1 aliphatic heterocycles. The number of benzene rings is 2. The molecule has 0 saturated carbocycles. The van der Waals surface area contributed by atoms with E-state index in [-0.39, 0.29) is 0 Å². The van der Waals surface area contributed by atoms with Crippen LogP contribution in [-0.4, -0.2) is 7.11 Å². The van der Waals surface area contributed by atoms with Crippen molar-refractivity contribution in [2.24, 2.45) is 5.92 Å². The highest BCUT2D eigenvalue weighted by Crippen LogP contribution is 2.53. The SMILES string of the molecule is COc1ccc(C)c2c1N[C@H](c1ccc(Br)cc1)[C@H]1CC=C[C@H]21. The van der Waals surface area contributed by atoms with Gasteiger partial charge in [0.2, 0.25) is 0 Å². The lowest BCUT2D eigenvalue weighted by atomic mass is 9.75. The number of aryl methyl sites for hydroxylation is 1. The Bertz CT molecular complexity index is 766. The van der Waals surface area contributed by atoms with E-state index in [1.165, 1.54) is 16.7 Å². The van der Waals surface area contributed by atoms with Crippen molar-refractivity contribution < 1.29 is 4.74 Å². The van der Waals surface area contributed by atoms with Gasteiger partial charge >= 0.3 is 0 Å². The summed E-state index contributed by atoms with van der Waals surface area (Å²) in [6.45, 7) is 2.20. The first-order chi connectivity index (χ1) is 11.2. The summed E-state index contributed by atoms with van der Waals surface area (Å²) in [5.74, 6) is 1.97. The fourth-order valence-corrected chi connectivity index (χ4v) is 4.31. The van der Waals surface area contributed by atoms with E-state index in [0.29, 0.717) is 17.9 Å². The average molecular weight is 370 g/mol. The largest absolute Gasteiger partial charge is 0.495 e. The molecule has 0 spiro atoms. The minimum atomic E-state index is 0.311. The Kier molecular flexibility index (Phi) is 3.68. The van der Waals surface area contributed by atoms with Crippen LogP contribution in [0.4, 0.5) is 5.69 Å². The Balaban J connectivity index is 1.84. The van der Waals surface area contributed by atoms with Gasteiger partial charge in [0, 0.05) is 10.4 Å². The minimum absolute atomic E-state index is 0.311. The molecule has 1 N–H and O–H groups in total. The molecule has 0 aromatic heterocycles. The second kappa shape index (κ2) is 5.72. The topological polar surface area (TPSA) is 21.3 Å². The molecule has 1 heterocycles. The maximum atomic E-state index is 5.63. The van der Waals surface area contributed by atoms with E-state index in [4.69, 9.17) is 4.74 Å². The summed E-state index contributed by atoms with van der Waals surface area (Å²) in [7, 11) is 1.75. The zero-order valence-corrected chi connectivity index (χ0v) is 14.9. The molecule has 0 amide bonds. The van der Waals surface area contributed by atoms with Crippen LogP contribution in [0, 0.1) is 12.8 Å². The van der Waals surface area contributed by atoms with Crippen molar-refractivity contribution in [2.75, 3.05) is 12.4 Å². The molecule has 118 valence electrons. The highest BCUT2D eigenvalue weighted by Gasteiger charge is 2.39. The molecule has 2 aliphatic rings. The third kappa shape index (κ3) is 2.38. The molecule has 2 aromatic rings. The van der Waals surface area contributed by atoms with Gasteiger partial charge in [0.15, 0.2) is 0 Å². The molecular weight excluding hydrogens is 350 g/mol. The van der Waals surface area contributed by atoms with Crippen LogP contribution in [0.1, 0.15) is 35.1 Å². The van der Waals surface area contributed by atoms with Gasteiger partial charge in [-0.1, -0.05) is 46.3 Å². The minimum Gasteiger partial charge on any atom is -0.495 e. The van der Waals surface area contributed by atoms with Gasteiger partial charge in [0.25, 0.3) is 0 Å². The summed E-state index contributed by atoms with van der Waals surface area (Å²) in [5.41, 5.74) is 5.23. The summed E-state index contributed by atoms with van der Waals surface area (Å²) in [5, 5.41) is 3.78. The zero-order chi connectivity index (χ0) is 16.0. The summed E-state index contributed by atoms with van der Waals surface area (Å²) < 4.78 is 6.74. The first-order valence-electron chi connectivity index (χ1n) is 8.05. The Morgan fingerprint density at radius 2 is 1.91 bits per heavy atom. The molecule has 0 bridgehead atoms. The van der Waals surface area contributed by atoms with Crippen molar-refractivity contribution in [2.45, 2.75) is 25.3 Å². The van der Waals surface area contributed by atoms with Gasteiger partial charge in [-0.3, -0.25) is 0 Å². The number of hydrogen-bond donors (Lipinski definition) is 1. The lowest BCUT2D eigenvalue weighted by molar-refractivity contribution is 0.396. The standard InChI is InChI=1S/C20H20BrNO/c1-12-6-11-17(23-2)20-18(12)15-4-3-5-16(15)19(22-20)13-7-9-14(21)10-8-13/h3-4,6-11,15-16,19,22H,5H2,1-2H3/t15-,16-,19+/m0/s1. The van der Waals surface area contributed by atoms with Crippen molar-refractivity contribution in [1.82, 2.24) is 0 Å². The Labute approximate surface area is 145 Å². The molecule has 3 heteroatoms. The number of halogens is 1. The second-order valence-corrected chi connectivity index (χ2v) is 7.32. The van der Waals surface area contributed by atoms with E-state index in [1.54, 1.807) is 7.11 Å². The summed E-state index contributed by atoms with van der Waals surface area (Å²) in [6.07, 6.45) is 5.83. The average Bonchev–Trinajstić information content (AvgIpc) is 3.04. The van der Waals surface area contributed by atoms with E-state index in [0.717, 1.165) is 22.3 Å². The van der Waals surface area contributed by atoms with Crippen LogP contribution in [0.5, 0.6) is 5.75 Å². The molecule has 4 rings (SSSR count). The highest BCUT2D eigenvalue weighted by atomic mass is 79.9.